The van der Waals surface area contributed by atoms with E-state index in [2.05, 4.69) is 20.6 Å². The number of nitrogens with one attached hydrogen (secondary N) is 3. The number of aromatic amines is 1. The number of fused-ring (bicyclic) bond motifs is 1. The highest BCUT2D eigenvalue weighted by Gasteiger charge is 2.35. The average Bonchev–Trinajstić information content (AvgIpc) is 2.74. The van der Waals surface area contributed by atoms with Gasteiger partial charge in [0.05, 0.1) is 16.4 Å². The third-order valence-corrected chi connectivity index (χ3v) is 6.00. The smallest absolute Gasteiger partial charge is 0.274 e. The normalized spacial score (nSPS) is 20.3. The number of carbonyl (C=O) groups is 2. The molecule has 3 N–H and O–H groups in total. The van der Waals surface area contributed by atoms with Gasteiger partial charge < -0.3 is 15.5 Å². The first-order chi connectivity index (χ1) is 15.2. The van der Waals surface area contributed by atoms with E-state index in [0.717, 1.165) is 25.8 Å². The van der Waals surface area contributed by atoms with Crippen molar-refractivity contribution >= 4 is 35.0 Å². The molecule has 0 bridgehead atoms. The number of anilines is 3. The van der Waals surface area contributed by atoms with E-state index in [9.17, 15) is 24.5 Å². The first-order valence-electron chi connectivity index (χ1n) is 10.5. The molecular formula is C21H24N6O5. The topological polar surface area (TPSA) is 150 Å². The summed E-state index contributed by atoms with van der Waals surface area (Å²) in [5.74, 6) is -1.65. The Bertz CT molecular complexity index is 1160. The first-order valence-corrected chi connectivity index (χ1v) is 10.5. The summed E-state index contributed by atoms with van der Waals surface area (Å²) in [4.78, 5) is 58.1. The maximum atomic E-state index is 13.0. The predicted molar refractivity (Wildman–Crippen MR) is 118 cm³/mol. The number of aromatic nitrogens is 2. The van der Waals surface area contributed by atoms with Crippen LogP contribution in [0.1, 0.15) is 49.7 Å². The van der Waals surface area contributed by atoms with Crippen molar-refractivity contribution in [2.45, 2.75) is 51.5 Å². The molecule has 3 heterocycles. The molecule has 168 valence electrons. The SMILES string of the molecule is Cc1ccc(NC(=O)[C@H]2CC(=O)Nc3nc(N4CCCC[C@@H]4C)[nH]c(=O)c32)cc1[N+](=O)[O-]. The van der Waals surface area contributed by atoms with Gasteiger partial charge in [0.25, 0.3) is 11.2 Å². The van der Waals surface area contributed by atoms with Crippen LogP contribution in [0.5, 0.6) is 0 Å². The fraction of sp³-hybridized carbons (Fsp3) is 0.429. The van der Waals surface area contributed by atoms with Crippen LogP contribution in [0.15, 0.2) is 23.0 Å². The summed E-state index contributed by atoms with van der Waals surface area (Å²) < 4.78 is 0. The third-order valence-electron chi connectivity index (χ3n) is 6.00. The number of hydrogen-bond acceptors (Lipinski definition) is 7. The number of amides is 2. The van der Waals surface area contributed by atoms with E-state index in [-0.39, 0.29) is 35.2 Å². The minimum atomic E-state index is -1.07. The van der Waals surface area contributed by atoms with Crippen molar-refractivity contribution in [3.05, 3.63) is 49.8 Å². The minimum Gasteiger partial charge on any atom is -0.340 e. The zero-order valence-corrected chi connectivity index (χ0v) is 17.8. The highest BCUT2D eigenvalue weighted by Crippen LogP contribution is 2.32. The molecule has 0 aliphatic carbocycles. The zero-order chi connectivity index (χ0) is 23.0. The highest BCUT2D eigenvalue weighted by molar-refractivity contribution is 6.04. The molecule has 2 amide bonds. The number of piperidine rings is 1. The Labute approximate surface area is 183 Å². The third kappa shape index (κ3) is 4.05. The summed E-state index contributed by atoms with van der Waals surface area (Å²) >= 11 is 0. The fourth-order valence-electron chi connectivity index (χ4n) is 4.25. The molecule has 11 nitrogen and oxygen atoms in total. The molecule has 2 aliphatic heterocycles. The summed E-state index contributed by atoms with van der Waals surface area (Å²) in [5.41, 5.74) is 0.123. The van der Waals surface area contributed by atoms with Crippen LogP contribution in [0.3, 0.4) is 0 Å². The summed E-state index contributed by atoms with van der Waals surface area (Å²) in [5, 5.41) is 16.4. The number of aryl methyl sites for hydroxylation is 1. The number of H-pyrrole nitrogens is 1. The van der Waals surface area contributed by atoms with Gasteiger partial charge in [0.15, 0.2) is 0 Å². The van der Waals surface area contributed by atoms with Gasteiger partial charge >= 0.3 is 0 Å². The molecule has 0 saturated carbocycles. The van der Waals surface area contributed by atoms with E-state index in [0.29, 0.717) is 11.5 Å². The monoisotopic (exact) mass is 440 g/mol. The van der Waals surface area contributed by atoms with Gasteiger partial charge in [-0.05, 0) is 39.2 Å². The van der Waals surface area contributed by atoms with Crippen molar-refractivity contribution in [2.24, 2.45) is 0 Å². The van der Waals surface area contributed by atoms with Crippen molar-refractivity contribution < 1.29 is 14.5 Å². The van der Waals surface area contributed by atoms with Gasteiger partial charge in [0.1, 0.15) is 5.82 Å². The number of carbonyl (C=O) groups excluding carboxylic acids is 2. The Morgan fingerprint density at radius 1 is 1.31 bits per heavy atom. The molecule has 0 unspecified atom stereocenters. The molecule has 2 atom stereocenters. The van der Waals surface area contributed by atoms with Crippen LogP contribution < -0.4 is 21.1 Å². The Morgan fingerprint density at radius 3 is 2.81 bits per heavy atom. The van der Waals surface area contributed by atoms with E-state index in [4.69, 9.17) is 0 Å². The Kier molecular flexibility index (Phi) is 5.64. The van der Waals surface area contributed by atoms with Crippen LogP contribution in [0.4, 0.5) is 23.1 Å². The van der Waals surface area contributed by atoms with Gasteiger partial charge in [-0.1, -0.05) is 6.07 Å². The summed E-state index contributed by atoms with van der Waals surface area (Å²) in [7, 11) is 0. The Morgan fingerprint density at radius 2 is 2.09 bits per heavy atom. The molecular weight excluding hydrogens is 416 g/mol. The number of nitro groups is 1. The lowest BCUT2D eigenvalue weighted by molar-refractivity contribution is -0.385. The van der Waals surface area contributed by atoms with E-state index >= 15 is 0 Å². The number of nitro benzene ring substituents is 1. The minimum absolute atomic E-state index is 0.0767. The second-order valence-corrected chi connectivity index (χ2v) is 8.24. The molecule has 2 aliphatic rings. The predicted octanol–water partition coefficient (Wildman–Crippen LogP) is 2.43. The van der Waals surface area contributed by atoms with E-state index < -0.39 is 28.2 Å². The van der Waals surface area contributed by atoms with Crippen LogP contribution in [-0.2, 0) is 9.59 Å². The van der Waals surface area contributed by atoms with Crippen LogP contribution in [0, 0.1) is 17.0 Å². The van der Waals surface area contributed by atoms with Crippen molar-refractivity contribution in [1.29, 1.82) is 0 Å². The second kappa shape index (κ2) is 8.40. The number of hydrogen-bond donors (Lipinski definition) is 3. The Hall–Kier alpha value is -3.76. The molecule has 32 heavy (non-hydrogen) atoms. The van der Waals surface area contributed by atoms with Gasteiger partial charge in [0.2, 0.25) is 17.8 Å². The molecule has 11 heteroatoms. The Balaban J connectivity index is 1.65. The fourth-order valence-corrected chi connectivity index (χ4v) is 4.25. The van der Waals surface area contributed by atoms with Gasteiger partial charge in [-0.2, -0.15) is 4.98 Å². The largest absolute Gasteiger partial charge is 0.340 e. The molecule has 0 spiro atoms. The van der Waals surface area contributed by atoms with Gasteiger partial charge in [-0.25, -0.2) is 0 Å². The van der Waals surface area contributed by atoms with E-state index in [1.165, 1.54) is 18.2 Å². The van der Waals surface area contributed by atoms with Crippen molar-refractivity contribution in [3.63, 3.8) is 0 Å². The number of benzene rings is 1. The molecule has 0 radical (unpaired) electrons. The van der Waals surface area contributed by atoms with Gasteiger partial charge in [-0.15, -0.1) is 0 Å². The number of nitrogens with zero attached hydrogens (tertiary/aromatic N) is 3. The van der Waals surface area contributed by atoms with Crippen LogP contribution in [0.2, 0.25) is 0 Å². The lowest BCUT2D eigenvalue weighted by atomic mass is 9.92. The van der Waals surface area contributed by atoms with Crippen LogP contribution in [0.25, 0.3) is 0 Å². The summed E-state index contributed by atoms with van der Waals surface area (Å²) in [6.45, 7) is 4.39. The molecule has 1 saturated heterocycles. The summed E-state index contributed by atoms with van der Waals surface area (Å²) in [6.07, 6.45) is 2.83. The van der Waals surface area contributed by atoms with Crippen molar-refractivity contribution in [1.82, 2.24) is 9.97 Å². The average molecular weight is 440 g/mol. The van der Waals surface area contributed by atoms with E-state index in [1.54, 1.807) is 6.92 Å². The first kappa shape index (κ1) is 21.5. The van der Waals surface area contributed by atoms with E-state index in [1.807, 2.05) is 11.8 Å². The summed E-state index contributed by atoms with van der Waals surface area (Å²) in [6, 6.07) is 4.50. The maximum absolute atomic E-state index is 13.0. The van der Waals surface area contributed by atoms with Crippen LogP contribution >= 0.6 is 0 Å². The second-order valence-electron chi connectivity index (χ2n) is 8.24. The molecule has 1 aromatic heterocycles. The van der Waals surface area contributed by atoms with Crippen LogP contribution in [-0.4, -0.2) is 39.3 Å². The lowest BCUT2D eigenvalue weighted by Crippen LogP contribution is -2.42. The molecule has 1 aromatic carbocycles. The standard InChI is InChI=1S/C21H24N6O5/c1-11-6-7-13(9-15(11)27(31)32)22-19(29)14-10-16(28)23-18-17(14)20(30)25-21(24-18)26-8-4-3-5-12(26)2/h6-7,9,12,14H,3-5,8,10H2,1-2H3,(H,22,29)(H2,23,24,25,28,30)/t12-,14-/m0/s1. The highest BCUT2D eigenvalue weighted by atomic mass is 16.6. The zero-order valence-electron chi connectivity index (χ0n) is 17.8. The van der Waals surface area contributed by atoms with Gasteiger partial charge in [0, 0.05) is 36.3 Å². The number of rotatable bonds is 4. The van der Waals surface area contributed by atoms with Gasteiger partial charge in [-0.3, -0.25) is 29.5 Å². The van der Waals surface area contributed by atoms with Crippen molar-refractivity contribution in [2.75, 3.05) is 22.1 Å². The maximum Gasteiger partial charge on any atom is 0.274 e. The lowest BCUT2D eigenvalue weighted by Gasteiger charge is -2.34. The molecule has 4 rings (SSSR count). The molecule has 1 fully saturated rings. The quantitative estimate of drug-likeness (QED) is 0.488. The van der Waals surface area contributed by atoms with Crippen molar-refractivity contribution in [3.8, 4) is 0 Å². The molecule has 2 aromatic rings.